The van der Waals surface area contributed by atoms with E-state index in [1.165, 1.54) is 12.1 Å². The summed E-state index contributed by atoms with van der Waals surface area (Å²) >= 11 is 11.5. The summed E-state index contributed by atoms with van der Waals surface area (Å²) in [6.07, 6.45) is -8.20. The highest BCUT2D eigenvalue weighted by Crippen LogP contribution is 2.26. The molecule has 120 valence electrons. The molecule has 21 heavy (non-hydrogen) atoms. The smallest absolute Gasteiger partial charge is 0.415 e. The number of halogens is 5. The zero-order chi connectivity index (χ0) is 16.0. The van der Waals surface area contributed by atoms with Crippen LogP contribution in [0.1, 0.15) is 0 Å². The summed E-state index contributed by atoms with van der Waals surface area (Å²) in [5, 5.41) is 21.2. The van der Waals surface area contributed by atoms with E-state index in [-0.39, 0.29) is 18.2 Å². The SMILES string of the molecule is OC(CNCC(O)C(F)(F)F)COc1ccc(Cl)c(Cl)c1. The molecule has 2 atom stereocenters. The minimum atomic E-state index is -4.69. The summed E-state index contributed by atoms with van der Waals surface area (Å²) in [7, 11) is 0. The lowest BCUT2D eigenvalue weighted by atomic mass is 10.3. The van der Waals surface area contributed by atoms with Gasteiger partial charge in [-0.15, -0.1) is 0 Å². The summed E-state index contributed by atoms with van der Waals surface area (Å²) < 4.78 is 41.2. The molecule has 4 nitrogen and oxygen atoms in total. The molecule has 0 heterocycles. The van der Waals surface area contributed by atoms with Crippen molar-refractivity contribution in [1.82, 2.24) is 5.32 Å². The van der Waals surface area contributed by atoms with Crippen LogP contribution in [0.2, 0.25) is 10.0 Å². The Morgan fingerprint density at radius 3 is 2.38 bits per heavy atom. The van der Waals surface area contributed by atoms with Gasteiger partial charge in [-0.1, -0.05) is 23.2 Å². The van der Waals surface area contributed by atoms with Crippen molar-refractivity contribution in [3.05, 3.63) is 28.2 Å². The van der Waals surface area contributed by atoms with Crippen LogP contribution in [0.25, 0.3) is 0 Å². The normalized spacial score (nSPS) is 14.8. The topological polar surface area (TPSA) is 61.7 Å². The van der Waals surface area contributed by atoms with Crippen LogP contribution < -0.4 is 10.1 Å². The Balaban J connectivity index is 2.28. The van der Waals surface area contributed by atoms with Crippen LogP contribution in [0.3, 0.4) is 0 Å². The van der Waals surface area contributed by atoms with Crippen molar-refractivity contribution >= 4 is 23.2 Å². The van der Waals surface area contributed by atoms with E-state index in [9.17, 15) is 18.3 Å². The molecule has 0 fully saturated rings. The van der Waals surface area contributed by atoms with E-state index in [0.717, 1.165) is 0 Å². The molecule has 0 spiro atoms. The summed E-state index contributed by atoms with van der Waals surface area (Å²) in [5.41, 5.74) is 0. The Morgan fingerprint density at radius 2 is 1.81 bits per heavy atom. The maximum Gasteiger partial charge on any atom is 0.415 e. The molecular weight excluding hydrogens is 334 g/mol. The van der Waals surface area contributed by atoms with Gasteiger partial charge in [-0.05, 0) is 12.1 Å². The van der Waals surface area contributed by atoms with Crippen LogP contribution in [-0.4, -0.2) is 48.3 Å². The lowest BCUT2D eigenvalue weighted by Gasteiger charge is -2.17. The monoisotopic (exact) mass is 347 g/mol. The molecule has 1 aromatic carbocycles. The molecule has 1 rings (SSSR count). The highest BCUT2D eigenvalue weighted by molar-refractivity contribution is 6.42. The number of aliphatic hydroxyl groups is 2. The van der Waals surface area contributed by atoms with Crippen molar-refractivity contribution in [3.8, 4) is 5.75 Å². The minimum Gasteiger partial charge on any atom is -0.491 e. The van der Waals surface area contributed by atoms with E-state index in [2.05, 4.69) is 5.32 Å². The molecule has 1 aromatic rings. The fraction of sp³-hybridized carbons (Fsp3) is 0.500. The number of hydrogen-bond donors (Lipinski definition) is 3. The molecule has 3 N–H and O–H groups in total. The average Bonchev–Trinajstić information content (AvgIpc) is 2.39. The number of nitrogens with one attached hydrogen (secondary N) is 1. The second kappa shape index (κ2) is 8.05. The van der Waals surface area contributed by atoms with E-state index in [4.69, 9.17) is 33.0 Å². The van der Waals surface area contributed by atoms with Crippen molar-refractivity contribution in [2.45, 2.75) is 18.4 Å². The van der Waals surface area contributed by atoms with Gasteiger partial charge in [-0.2, -0.15) is 13.2 Å². The van der Waals surface area contributed by atoms with E-state index in [0.29, 0.717) is 10.8 Å². The first kappa shape index (κ1) is 18.3. The van der Waals surface area contributed by atoms with E-state index in [1.54, 1.807) is 6.07 Å². The van der Waals surface area contributed by atoms with Crippen molar-refractivity contribution < 1.29 is 28.1 Å². The van der Waals surface area contributed by atoms with Gasteiger partial charge < -0.3 is 20.3 Å². The summed E-state index contributed by atoms with van der Waals surface area (Å²) in [6.45, 7) is -1.01. The number of benzene rings is 1. The molecule has 9 heteroatoms. The van der Waals surface area contributed by atoms with Gasteiger partial charge in [-0.3, -0.25) is 0 Å². The van der Waals surface area contributed by atoms with Crippen LogP contribution >= 0.6 is 23.2 Å². The van der Waals surface area contributed by atoms with Gasteiger partial charge >= 0.3 is 6.18 Å². The molecule has 0 saturated carbocycles. The first-order chi connectivity index (χ1) is 9.70. The summed E-state index contributed by atoms with van der Waals surface area (Å²) in [6, 6.07) is 4.52. The highest BCUT2D eigenvalue weighted by atomic mass is 35.5. The zero-order valence-electron chi connectivity index (χ0n) is 10.7. The molecule has 0 aromatic heterocycles. The molecule has 0 amide bonds. The Bertz CT molecular complexity index is 460. The van der Waals surface area contributed by atoms with Crippen molar-refractivity contribution in [3.63, 3.8) is 0 Å². The summed E-state index contributed by atoms with van der Waals surface area (Å²) in [4.78, 5) is 0. The number of hydrogen-bond acceptors (Lipinski definition) is 4. The molecule has 0 radical (unpaired) electrons. The largest absolute Gasteiger partial charge is 0.491 e. The second-order valence-corrected chi connectivity index (χ2v) is 5.07. The fourth-order valence-electron chi connectivity index (χ4n) is 1.32. The quantitative estimate of drug-likeness (QED) is 0.707. The van der Waals surface area contributed by atoms with Gasteiger partial charge in [0, 0.05) is 19.2 Å². The van der Waals surface area contributed by atoms with E-state index in [1.807, 2.05) is 0 Å². The van der Waals surface area contributed by atoms with Gasteiger partial charge in [0.05, 0.1) is 10.0 Å². The van der Waals surface area contributed by atoms with Gasteiger partial charge in [0.25, 0.3) is 0 Å². The van der Waals surface area contributed by atoms with Crippen molar-refractivity contribution in [1.29, 1.82) is 0 Å². The lowest BCUT2D eigenvalue weighted by molar-refractivity contribution is -0.202. The Hall–Kier alpha value is -0.730. The van der Waals surface area contributed by atoms with Crippen LogP contribution in [0.15, 0.2) is 18.2 Å². The molecule has 0 bridgehead atoms. The number of ether oxygens (including phenoxy) is 1. The first-order valence-electron chi connectivity index (χ1n) is 5.91. The summed E-state index contributed by atoms with van der Waals surface area (Å²) in [5.74, 6) is 0.374. The lowest BCUT2D eigenvalue weighted by Crippen LogP contribution is -2.41. The third-order valence-corrected chi connectivity index (χ3v) is 3.17. The molecule has 2 unspecified atom stereocenters. The molecular formula is C12H14Cl2F3NO3. The highest BCUT2D eigenvalue weighted by Gasteiger charge is 2.37. The Morgan fingerprint density at radius 1 is 1.14 bits per heavy atom. The van der Waals surface area contributed by atoms with Gasteiger partial charge in [0.1, 0.15) is 18.5 Å². The standard InChI is InChI=1S/C12H14Cl2F3NO3/c13-9-2-1-8(3-10(9)14)21-6-7(19)4-18-5-11(20)12(15,16)17/h1-3,7,11,18-20H,4-6H2. The van der Waals surface area contributed by atoms with Gasteiger partial charge in [-0.25, -0.2) is 0 Å². The third-order valence-electron chi connectivity index (χ3n) is 2.43. The number of alkyl halides is 3. The molecule has 0 aliphatic heterocycles. The Labute approximate surface area is 129 Å². The predicted octanol–water partition coefficient (Wildman–Crippen LogP) is 2.25. The number of aliphatic hydroxyl groups excluding tert-OH is 2. The van der Waals surface area contributed by atoms with E-state index < -0.39 is 24.9 Å². The Kier molecular flexibility index (Phi) is 7.02. The molecule has 0 saturated heterocycles. The average molecular weight is 348 g/mol. The maximum absolute atomic E-state index is 12.0. The maximum atomic E-state index is 12.0. The zero-order valence-corrected chi connectivity index (χ0v) is 12.2. The molecule has 0 aliphatic rings. The van der Waals surface area contributed by atoms with Gasteiger partial charge in [0.2, 0.25) is 0 Å². The first-order valence-corrected chi connectivity index (χ1v) is 6.67. The van der Waals surface area contributed by atoms with Crippen molar-refractivity contribution in [2.24, 2.45) is 0 Å². The predicted molar refractivity (Wildman–Crippen MR) is 72.9 cm³/mol. The van der Waals surface area contributed by atoms with Crippen molar-refractivity contribution in [2.75, 3.05) is 19.7 Å². The minimum absolute atomic E-state index is 0.146. The number of rotatable bonds is 7. The van der Waals surface area contributed by atoms with Gasteiger partial charge in [0.15, 0.2) is 6.10 Å². The molecule has 0 aliphatic carbocycles. The van der Waals surface area contributed by atoms with Crippen LogP contribution in [0, 0.1) is 0 Å². The second-order valence-electron chi connectivity index (χ2n) is 4.26. The van der Waals surface area contributed by atoms with Crippen LogP contribution in [0.5, 0.6) is 5.75 Å². The fourth-order valence-corrected chi connectivity index (χ4v) is 1.61. The van der Waals surface area contributed by atoms with E-state index >= 15 is 0 Å². The third kappa shape index (κ3) is 6.71. The van der Waals surface area contributed by atoms with Crippen LogP contribution in [0.4, 0.5) is 13.2 Å². The van der Waals surface area contributed by atoms with Crippen LogP contribution in [-0.2, 0) is 0 Å².